The Labute approximate surface area is 155 Å². The highest BCUT2D eigenvalue weighted by Gasteiger charge is 2.52. The number of nitrogens with one attached hydrogen (secondary N) is 2. The molecule has 0 atom stereocenters. The van der Waals surface area contributed by atoms with Crippen molar-refractivity contribution in [2.75, 3.05) is 6.54 Å². The predicted octanol–water partition coefficient (Wildman–Crippen LogP) is 2.16. The Bertz CT molecular complexity index is 735. The third kappa shape index (κ3) is 4.17. The maximum atomic E-state index is 12.5. The van der Waals surface area contributed by atoms with Crippen molar-refractivity contribution < 1.29 is 27.9 Å². The lowest BCUT2D eigenvalue weighted by Crippen LogP contribution is -2.44. The number of amides is 4. The minimum atomic E-state index is -2.95. The summed E-state index contributed by atoms with van der Waals surface area (Å²) in [4.78, 5) is 37.7. The average molecular weight is 381 g/mol. The largest absolute Gasteiger partial charge is 0.434 e. The van der Waals surface area contributed by atoms with Crippen molar-refractivity contribution in [3.8, 4) is 5.75 Å². The topological polar surface area (TPSA) is 87.7 Å². The molecule has 7 nitrogen and oxygen atoms in total. The quantitative estimate of drug-likeness (QED) is 0.709. The van der Waals surface area contributed by atoms with Gasteiger partial charge < -0.3 is 15.4 Å². The van der Waals surface area contributed by atoms with Gasteiger partial charge in [-0.15, -0.1) is 0 Å². The molecule has 2 aliphatic rings. The molecule has 0 unspecified atom stereocenters. The lowest BCUT2D eigenvalue weighted by atomic mass is 9.98. The minimum absolute atomic E-state index is 0.00576. The number of hydrogen-bond acceptors (Lipinski definition) is 4. The number of imide groups is 1. The number of benzene rings is 1. The maximum absolute atomic E-state index is 12.5. The molecular formula is C18H21F2N3O4. The van der Waals surface area contributed by atoms with Gasteiger partial charge in [-0.2, -0.15) is 8.78 Å². The van der Waals surface area contributed by atoms with Crippen LogP contribution in [0, 0.1) is 0 Å². The van der Waals surface area contributed by atoms with E-state index in [0.717, 1.165) is 17.7 Å². The number of urea groups is 1. The minimum Gasteiger partial charge on any atom is -0.434 e. The fraction of sp³-hybridized carbons (Fsp3) is 0.500. The summed E-state index contributed by atoms with van der Waals surface area (Å²) >= 11 is 0. The molecular weight excluding hydrogens is 360 g/mol. The molecule has 1 saturated heterocycles. The van der Waals surface area contributed by atoms with Gasteiger partial charge in [0.25, 0.3) is 5.91 Å². The van der Waals surface area contributed by atoms with Crippen LogP contribution in [0.1, 0.15) is 37.7 Å². The number of hydrogen-bond donors (Lipinski definition) is 2. The Morgan fingerprint density at radius 1 is 1.26 bits per heavy atom. The number of carbonyl (C=O) groups is 3. The van der Waals surface area contributed by atoms with E-state index >= 15 is 0 Å². The Hall–Kier alpha value is -2.71. The molecule has 0 radical (unpaired) electrons. The van der Waals surface area contributed by atoms with Gasteiger partial charge >= 0.3 is 12.6 Å². The van der Waals surface area contributed by atoms with Gasteiger partial charge in [0.1, 0.15) is 11.3 Å². The molecule has 3 rings (SSSR count). The second-order valence-corrected chi connectivity index (χ2v) is 6.69. The highest BCUT2D eigenvalue weighted by atomic mass is 19.3. The molecule has 2 fully saturated rings. The van der Waals surface area contributed by atoms with Crippen LogP contribution >= 0.6 is 0 Å². The van der Waals surface area contributed by atoms with E-state index < -0.39 is 24.1 Å². The van der Waals surface area contributed by atoms with E-state index in [0.29, 0.717) is 18.4 Å². The molecule has 1 aromatic carbocycles. The van der Waals surface area contributed by atoms with Crippen LogP contribution in [0.2, 0.25) is 0 Å². The zero-order valence-electron chi connectivity index (χ0n) is 14.7. The molecule has 1 aliphatic heterocycles. The summed E-state index contributed by atoms with van der Waals surface area (Å²) in [6.45, 7) is -2.97. The second kappa shape index (κ2) is 7.89. The first-order chi connectivity index (χ1) is 12.9. The van der Waals surface area contributed by atoms with Crippen LogP contribution in [0.4, 0.5) is 13.6 Å². The van der Waals surface area contributed by atoms with Crippen LogP contribution in [0.3, 0.4) is 0 Å². The maximum Gasteiger partial charge on any atom is 0.387 e. The van der Waals surface area contributed by atoms with Crippen molar-refractivity contribution >= 4 is 17.8 Å². The van der Waals surface area contributed by atoms with E-state index in [9.17, 15) is 23.2 Å². The summed E-state index contributed by atoms with van der Waals surface area (Å²) in [5, 5.41) is 5.35. The summed E-state index contributed by atoms with van der Waals surface area (Å²) in [5.41, 5.74) is -0.384. The van der Waals surface area contributed by atoms with Crippen molar-refractivity contribution in [1.82, 2.24) is 15.5 Å². The molecule has 1 heterocycles. The highest BCUT2D eigenvalue weighted by Crippen LogP contribution is 2.35. The predicted molar refractivity (Wildman–Crippen MR) is 91.0 cm³/mol. The van der Waals surface area contributed by atoms with Gasteiger partial charge in [-0.1, -0.05) is 31.0 Å². The monoisotopic (exact) mass is 381 g/mol. The van der Waals surface area contributed by atoms with Gasteiger partial charge in [0, 0.05) is 25.1 Å². The Morgan fingerprint density at radius 2 is 1.96 bits per heavy atom. The van der Waals surface area contributed by atoms with Crippen molar-refractivity contribution in [1.29, 1.82) is 0 Å². The molecule has 1 aliphatic carbocycles. The van der Waals surface area contributed by atoms with Gasteiger partial charge in [-0.25, -0.2) is 4.79 Å². The summed E-state index contributed by atoms with van der Waals surface area (Å²) in [6.07, 6.45) is 2.97. The van der Waals surface area contributed by atoms with E-state index in [4.69, 9.17) is 0 Å². The average Bonchev–Trinajstić information content (AvgIpc) is 3.18. The number of rotatable bonds is 7. The Morgan fingerprint density at radius 3 is 2.67 bits per heavy atom. The number of carbonyl (C=O) groups excluding carboxylic acids is 3. The van der Waals surface area contributed by atoms with Crippen LogP contribution in [0.5, 0.6) is 5.75 Å². The van der Waals surface area contributed by atoms with Gasteiger partial charge in [0.05, 0.1) is 0 Å². The van der Waals surface area contributed by atoms with Crippen LogP contribution in [-0.2, 0) is 16.1 Å². The number of alkyl halides is 2. The SMILES string of the molecule is O=C(CCN1C(=O)NC2(CCCC2)C1=O)NCc1ccccc1OC(F)F. The van der Waals surface area contributed by atoms with Crippen molar-refractivity contribution in [2.24, 2.45) is 0 Å². The molecule has 9 heteroatoms. The summed E-state index contributed by atoms with van der Waals surface area (Å²) < 4.78 is 29.2. The number of ether oxygens (including phenoxy) is 1. The fourth-order valence-corrected chi connectivity index (χ4v) is 3.55. The molecule has 1 spiro atoms. The zero-order valence-corrected chi connectivity index (χ0v) is 14.7. The molecule has 1 aromatic rings. The van der Waals surface area contributed by atoms with Gasteiger partial charge in [-0.3, -0.25) is 14.5 Å². The second-order valence-electron chi connectivity index (χ2n) is 6.69. The van der Waals surface area contributed by atoms with Crippen molar-refractivity contribution in [2.45, 2.75) is 50.8 Å². The van der Waals surface area contributed by atoms with Gasteiger partial charge in [-0.05, 0) is 18.9 Å². The summed E-state index contributed by atoms with van der Waals surface area (Å²) in [6, 6.07) is 5.69. The van der Waals surface area contributed by atoms with Crippen LogP contribution in [0.25, 0.3) is 0 Å². The fourth-order valence-electron chi connectivity index (χ4n) is 3.55. The number of halogens is 2. The van der Waals surface area contributed by atoms with Gasteiger partial charge in [0.15, 0.2) is 0 Å². The van der Waals surface area contributed by atoms with Crippen LogP contribution in [-0.4, -0.2) is 41.4 Å². The Kier molecular flexibility index (Phi) is 5.57. The van der Waals surface area contributed by atoms with E-state index in [-0.39, 0.29) is 31.2 Å². The first kappa shape index (κ1) is 19.1. The first-order valence-corrected chi connectivity index (χ1v) is 8.85. The molecule has 4 amide bonds. The summed E-state index contributed by atoms with van der Waals surface area (Å²) in [7, 11) is 0. The third-order valence-electron chi connectivity index (χ3n) is 4.93. The van der Waals surface area contributed by atoms with E-state index in [1.807, 2.05) is 0 Å². The van der Waals surface area contributed by atoms with E-state index in [1.165, 1.54) is 6.07 Å². The first-order valence-electron chi connectivity index (χ1n) is 8.85. The normalized spacial score (nSPS) is 18.3. The number of para-hydroxylation sites is 1. The standard InChI is InChI=1S/C18H21F2N3O4/c19-16(20)27-13-6-2-1-5-12(13)11-21-14(24)7-10-23-15(25)18(22-17(23)26)8-3-4-9-18/h1-2,5-6,16H,3-4,7-11H2,(H,21,24)(H,22,26). The Balaban J connectivity index is 1.51. The van der Waals surface area contributed by atoms with Crippen molar-refractivity contribution in [3.05, 3.63) is 29.8 Å². The zero-order chi connectivity index (χ0) is 19.4. The van der Waals surface area contributed by atoms with E-state index in [2.05, 4.69) is 15.4 Å². The summed E-state index contributed by atoms with van der Waals surface area (Å²) in [5.74, 6) is -0.673. The van der Waals surface area contributed by atoms with E-state index in [1.54, 1.807) is 18.2 Å². The highest BCUT2D eigenvalue weighted by molar-refractivity contribution is 6.07. The molecule has 0 aromatic heterocycles. The third-order valence-corrected chi connectivity index (χ3v) is 4.93. The molecule has 146 valence electrons. The smallest absolute Gasteiger partial charge is 0.387 e. The molecule has 0 bridgehead atoms. The van der Waals surface area contributed by atoms with Crippen LogP contribution < -0.4 is 15.4 Å². The lowest BCUT2D eigenvalue weighted by molar-refractivity contribution is -0.131. The molecule has 27 heavy (non-hydrogen) atoms. The number of nitrogens with zero attached hydrogens (tertiary/aromatic N) is 1. The van der Waals surface area contributed by atoms with Crippen LogP contribution in [0.15, 0.2) is 24.3 Å². The van der Waals surface area contributed by atoms with Crippen molar-refractivity contribution in [3.63, 3.8) is 0 Å². The molecule has 2 N–H and O–H groups in total. The lowest BCUT2D eigenvalue weighted by Gasteiger charge is -2.19. The molecule has 1 saturated carbocycles. The van der Waals surface area contributed by atoms with Gasteiger partial charge in [0.2, 0.25) is 5.91 Å².